The van der Waals surface area contributed by atoms with E-state index in [1.165, 1.54) is 4.90 Å². The van der Waals surface area contributed by atoms with E-state index in [9.17, 15) is 4.79 Å². The topological polar surface area (TPSA) is 82.3 Å². The number of aromatic amines is 1. The van der Waals surface area contributed by atoms with Gasteiger partial charge in [0.1, 0.15) is 6.04 Å². The molecule has 0 saturated carbocycles. The maximum Gasteiger partial charge on any atom is 0.266 e. The maximum absolute atomic E-state index is 12.5. The second-order valence-electron chi connectivity index (χ2n) is 4.44. The quantitative estimate of drug-likeness (QED) is 0.810. The number of fused-ring (bicyclic) bond motifs is 1. The Labute approximate surface area is 119 Å². The molecule has 1 fully saturated rings. The molecule has 6 nitrogen and oxygen atoms in total. The molecule has 7 heteroatoms. The minimum absolute atomic E-state index is 0.205. The van der Waals surface area contributed by atoms with Crippen LogP contribution in [0, 0.1) is 16.2 Å². The monoisotopic (exact) mass is 289 g/mol. The van der Waals surface area contributed by atoms with Gasteiger partial charge in [-0.1, -0.05) is 0 Å². The number of rotatable bonds is 1. The summed E-state index contributed by atoms with van der Waals surface area (Å²) in [6.07, 6.45) is 0. The molecule has 1 aromatic carbocycles. The van der Waals surface area contributed by atoms with Crippen LogP contribution in [0.1, 0.15) is 10.4 Å². The molecule has 2 aromatic rings. The van der Waals surface area contributed by atoms with Gasteiger partial charge in [0.25, 0.3) is 10.7 Å². The first-order valence-corrected chi connectivity index (χ1v) is 6.51. The van der Waals surface area contributed by atoms with Gasteiger partial charge in [-0.2, -0.15) is 5.26 Å². The molecule has 1 aliphatic heterocycles. The van der Waals surface area contributed by atoms with Crippen molar-refractivity contribution >= 4 is 29.2 Å². The number of morpholine rings is 1. The summed E-state index contributed by atoms with van der Waals surface area (Å²) in [7, 11) is 0. The lowest BCUT2D eigenvalue weighted by Crippen LogP contribution is -2.47. The van der Waals surface area contributed by atoms with Gasteiger partial charge in [0.15, 0.2) is 5.58 Å². The Bertz CT molecular complexity index is 758. The summed E-state index contributed by atoms with van der Waals surface area (Å²) < 4.78 is 10.5. The molecule has 1 N–H and O–H groups in total. The van der Waals surface area contributed by atoms with Crippen molar-refractivity contribution in [3.63, 3.8) is 0 Å². The van der Waals surface area contributed by atoms with Gasteiger partial charge >= 0.3 is 0 Å². The van der Waals surface area contributed by atoms with Gasteiger partial charge in [0, 0.05) is 12.1 Å². The van der Waals surface area contributed by atoms with E-state index in [0.717, 1.165) is 5.52 Å². The molecule has 0 bridgehead atoms. The van der Waals surface area contributed by atoms with Gasteiger partial charge < -0.3 is 19.0 Å². The van der Waals surface area contributed by atoms with Crippen molar-refractivity contribution in [1.82, 2.24) is 9.88 Å². The summed E-state index contributed by atoms with van der Waals surface area (Å²) in [6, 6.07) is 6.59. The van der Waals surface area contributed by atoms with Crippen LogP contribution in [0.3, 0.4) is 0 Å². The number of carbonyl (C=O) groups is 1. The first kappa shape index (κ1) is 12.8. The number of oxazole rings is 1. The Balaban J connectivity index is 1.95. The highest BCUT2D eigenvalue weighted by Gasteiger charge is 2.28. The molecule has 0 spiro atoms. The molecule has 1 aliphatic rings. The summed E-state index contributed by atoms with van der Waals surface area (Å²) in [5.41, 5.74) is 1.74. The third kappa shape index (κ3) is 2.19. The summed E-state index contributed by atoms with van der Waals surface area (Å²) in [6.45, 7) is 1.10. The SMILES string of the molecule is N#C[C@@H]1COCCN1C(=O)c1ccc2[nH]c(=S)oc2c1. The fourth-order valence-electron chi connectivity index (χ4n) is 2.20. The number of benzene rings is 1. The number of nitrogens with zero attached hydrogens (tertiary/aromatic N) is 2. The Hall–Kier alpha value is -2.17. The smallest absolute Gasteiger partial charge is 0.266 e. The van der Waals surface area contributed by atoms with Crippen molar-refractivity contribution in [3.05, 3.63) is 28.6 Å². The molecule has 1 aromatic heterocycles. The van der Waals surface area contributed by atoms with Crippen molar-refractivity contribution < 1.29 is 13.9 Å². The zero-order valence-electron chi connectivity index (χ0n) is 10.5. The average Bonchev–Trinajstić information content (AvgIpc) is 2.85. The Kier molecular flexibility index (Phi) is 3.26. The normalized spacial score (nSPS) is 18.9. The minimum atomic E-state index is -0.551. The molecule has 0 unspecified atom stereocenters. The van der Waals surface area contributed by atoms with Crippen molar-refractivity contribution in [1.29, 1.82) is 5.26 Å². The van der Waals surface area contributed by atoms with Gasteiger partial charge in [0.2, 0.25) is 0 Å². The Morgan fingerprint density at radius 1 is 1.55 bits per heavy atom. The van der Waals surface area contributed by atoms with Gasteiger partial charge in [-0.05, 0) is 30.4 Å². The lowest BCUT2D eigenvalue weighted by atomic mass is 10.1. The molecular formula is C13H11N3O3S. The highest BCUT2D eigenvalue weighted by atomic mass is 32.1. The highest BCUT2D eigenvalue weighted by molar-refractivity contribution is 7.71. The summed E-state index contributed by atoms with van der Waals surface area (Å²) in [4.78, 5) is 17.1. The first-order valence-electron chi connectivity index (χ1n) is 6.10. The molecule has 1 amide bonds. The lowest BCUT2D eigenvalue weighted by Gasteiger charge is -2.31. The number of nitriles is 1. The minimum Gasteiger partial charge on any atom is -0.429 e. The Morgan fingerprint density at radius 3 is 3.20 bits per heavy atom. The van der Waals surface area contributed by atoms with Gasteiger partial charge in [-0.15, -0.1) is 0 Å². The number of hydrogen-bond donors (Lipinski definition) is 1. The van der Waals surface area contributed by atoms with Crippen LogP contribution in [0.4, 0.5) is 0 Å². The molecule has 0 aliphatic carbocycles. The fraction of sp³-hybridized carbons (Fsp3) is 0.308. The molecule has 2 heterocycles. The molecule has 0 radical (unpaired) electrons. The first-order chi connectivity index (χ1) is 9.69. The van der Waals surface area contributed by atoms with E-state index in [2.05, 4.69) is 11.1 Å². The van der Waals surface area contributed by atoms with Crippen LogP contribution in [-0.4, -0.2) is 41.6 Å². The van der Waals surface area contributed by atoms with E-state index >= 15 is 0 Å². The average molecular weight is 289 g/mol. The van der Waals surface area contributed by atoms with E-state index in [-0.39, 0.29) is 17.4 Å². The molecule has 3 rings (SSSR count). The maximum atomic E-state index is 12.5. The zero-order chi connectivity index (χ0) is 14.1. The van der Waals surface area contributed by atoms with Crippen LogP contribution >= 0.6 is 12.2 Å². The van der Waals surface area contributed by atoms with Crippen molar-refractivity contribution in [2.24, 2.45) is 0 Å². The fourth-order valence-corrected chi connectivity index (χ4v) is 2.40. The molecule has 20 heavy (non-hydrogen) atoms. The highest BCUT2D eigenvalue weighted by Crippen LogP contribution is 2.18. The zero-order valence-corrected chi connectivity index (χ0v) is 11.3. The largest absolute Gasteiger partial charge is 0.429 e. The van der Waals surface area contributed by atoms with Crippen LogP contribution < -0.4 is 0 Å². The molecule has 102 valence electrons. The number of amides is 1. The van der Waals surface area contributed by atoms with Gasteiger partial charge in [-0.25, -0.2) is 0 Å². The molecule has 1 atom stereocenters. The van der Waals surface area contributed by atoms with Crippen molar-refractivity contribution in [2.75, 3.05) is 19.8 Å². The van der Waals surface area contributed by atoms with Crippen LogP contribution in [0.15, 0.2) is 22.6 Å². The number of hydrogen-bond acceptors (Lipinski definition) is 5. The van der Waals surface area contributed by atoms with Gasteiger partial charge in [0.05, 0.1) is 24.8 Å². The third-order valence-corrected chi connectivity index (χ3v) is 3.39. The van der Waals surface area contributed by atoms with Crippen molar-refractivity contribution in [2.45, 2.75) is 6.04 Å². The second kappa shape index (κ2) is 5.07. The number of aromatic nitrogens is 1. The van der Waals surface area contributed by atoms with Crippen molar-refractivity contribution in [3.8, 4) is 6.07 Å². The van der Waals surface area contributed by atoms with E-state index in [0.29, 0.717) is 24.3 Å². The summed E-state index contributed by atoms with van der Waals surface area (Å²) in [5.74, 6) is -0.205. The number of ether oxygens (including phenoxy) is 1. The molecular weight excluding hydrogens is 278 g/mol. The lowest BCUT2D eigenvalue weighted by molar-refractivity contribution is 0.0132. The summed E-state index contributed by atoms with van der Waals surface area (Å²) in [5, 5.41) is 9.07. The van der Waals surface area contributed by atoms with Crippen LogP contribution in [0.25, 0.3) is 11.1 Å². The second-order valence-corrected chi connectivity index (χ2v) is 4.81. The van der Waals surface area contributed by atoms with Gasteiger partial charge in [-0.3, -0.25) is 4.79 Å². The van der Waals surface area contributed by atoms with E-state index < -0.39 is 6.04 Å². The predicted octanol–water partition coefficient (Wildman–Crippen LogP) is 1.85. The van der Waals surface area contributed by atoms with Crippen LogP contribution in [0.2, 0.25) is 0 Å². The van der Waals surface area contributed by atoms with E-state index in [1.807, 2.05) is 0 Å². The van der Waals surface area contributed by atoms with E-state index in [4.69, 9.17) is 26.6 Å². The number of nitrogens with one attached hydrogen (secondary N) is 1. The van der Waals surface area contributed by atoms with Crippen LogP contribution in [-0.2, 0) is 4.74 Å². The number of H-pyrrole nitrogens is 1. The standard InChI is InChI=1S/C13H11N3O3S/c14-6-9-7-18-4-3-16(9)12(17)8-1-2-10-11(5-8)19-13(20)15-10/h1-2,5,9H,3-4,7H2,(H,15,20)/t9-/m1/s1. The summed E-state index contributed by atoms with van der Waals surface area (Å²) >= 11 is 4.91. The predicted molar refractivity (Wildman–Crippen MR) is 72.7 cm³/mol. The third-order valence-electron chi connectivity index (χ3n) is 3.21. The number of carbonyl (C=O) groups excluding carboxylic acids is 1. The Morgan fingerprint density at radius 2 is 2.40 bits per heavy atom. The molecule has 1 saturated heterocycles. The van der Waals surface area contributed by atoms with E-state index in [1.54, 1.807) is 18.2 Å². The van der Waals surface area contributed by atoms with Crippen LogP contribution in [0.5, 0.6) is 0 Å².